The molecule has 1 fully saturated rings. The van der Waals surface area contributed by atoms with E-state index in [0.29, 0.717) is 5.76 Å². The molecule has 0 atom stereocenters. The van der Waals surface area contributed by atoms with Gasteiger partial charge in [-0.2, -0.15) is 0 Å². The number of furan rings is 1. The molecule has 2 aromatic rings. The minimum atomic E-state index is -0.216. The zero-order valence-corrected chi connectivity index (χ0v) is 13.9. The van der Waals surface area contributed by atoms with Crippen LogP contribution in [0.5, 0.6) is 0 Å². The number of nitrogens with two attached hydrogens (primary N) is 1. The van der Waals surface area contributed by atoms with Crippen LogP contribution in [0.2, 0.25) is 0 Å². The topological polar surface area (TPSA) is 88.6 Å². The number of benzene rings is 1. The van der Waals surface area contributed by atoms with E-state index in [1.807, 2.05) is 24.3 Å². The van der Waals surface area contributed by atoms with Crippen molar-refractivity contribution in [2.24, 2.45) is 11.7 Å². The largest absolute Gasteiger partial charge is 0.465 e. The van der Waals surface area contributed by atoms with Crippen molar-refractivity contribution < 1.29 is 14.0 Å². The third-order valence-corrected chi connectivity index (χ3v) is 4.34. The zero-order chi connectivity index (χ0) is 17.6. The normalized spacial score (nSPS) is 15.4. The molecule has 25 heavy (non-hydrogen) atoms. The van der Waals surface area contributed by atoms with E-state index in [1.165, 1.54) is 6.08 Å². The lowest BCUT2D eigenvalue weighted by molar-refractivity contribution is -0.122. The fourth-order valence-electron chi connectivity index (χ4n) is 2.91. The van der Waals surface area contributed by atoms with Gasteiger partial charge in [0.05, 0.1) is 6.26 Å². The molecular formula is C19H21N3O3. The molecule has 0 saturated carbocycles. The number of rotatable bonds is 5. The molecule has 2 heterocycles. The first-order valence-electron chi connectivity index (χ1n) is 8.29. The van der Waals surface area contributed by atoms with E-state index in [0.717, 1.165) is 37.3 Å². The molecular weight excluding hydrogens is 318 g/mol. The van der Waals surface area contributed by atoms with E-state index < -0.39 is 0 Å². The molecule has 0 spiro atoms. The molecule has 1 saturated heterocycles. The van der Waals surface area contributed by atoms with Gasteiger partial charge < -0.3 is 20.4 Å². The highest BCUT2D eigenvalue weighted by Crippen LogP contribution is 2.24. The standard InChI is InChI=1S/C19H21N3O3/c20-19(24)14-9-11-22(12-10-14)16-5-3-15(4-6-16)21-18(23)8-7-17-2-1-13-25-17/h1-8,13-14H,9-12H2,(H2,20,24)(H,21,23)/b8-7+. The second-order valence-electron chi connectivity index (χ2n) is 6.05. The Morgan fingerprint density at radius 3 is 2.48 bits per heavy atom. The third kappa shape index (κ3) is 4.50. The quantitative estimate of drug-likeness (QED) is 0.820. The van der Waals surface area contributed by atoms with Crippen LogP contribution in [-0.2, 0) is 9.59 Å². The summed E-state index contributed by atoms with van der Waals surface area (Å²) in [6.45, 7) is 1.62. The smallest absolute Gasteiger partial charge is 0.248 e. The maximum Gasteiger partial charge on any atom is 0.248 e. The van der Waals surface area contributed by atoms with Crippen molar-refractivity contribution in [2.45, 2.75) is 12.8 Å². The molecule has 1 aliphatic heterocycles. The Morgan fingerprint density at radius 1 is 1.16 bits per heavy atom. The van der Waals surface area contributed by atoms with Crippen LogP contribution in [0, 0.1) is 5.92 Å². The van der Waals surface area contributed by atoms with Crippen LogP contribution in [0.15, 0.2) is 53.2 Å². The van der Waals surface area contributed by atoms with Gasteiger partial charge in [-0.3, -0.25) is 9.59 Å². The van der Waals surface area contributed by atoms with E-state index in [4.69, 9.17) is 10.2 Å². The minimum Gasteiger partial charge on any atom is -0.465 e. The Morgan fingerprint density at radius 2 is 1.88 bits per heavy atom. The number of carbonyl (C=O) groups excluding carboxylic acids is 2. The summed E-state index contributed by atoms with van der Waals surface area (Å²) in [6, 6.07) is 11.2. The van der Waals surface area contributed by atoms with Gasteiger partial charge in [0, 0.05) is 36.5 Å². The first kappa shape index (κ1) is 16.8. The highest BCUT2D eigenvalue weighted by molar-refractivity contribution is 6.01. The predicted molar refractivity (Wildman–Crippen MR) is 96.9 cm³/mol. The number of piperidine rings is 1. The number of hydrogen-bond donors (Lipinski definition) is 2. The molecule has 0 unspecified atom stereocenters. The lowest BCUT2D eigenvalue weighted by Crippen LogP contribution is -2.38. The van der Waals surface area contributed by atoms with Gasteiger partial charge in [0.1, 0.15) is 5.76 Å². The van der Waals surface area contributed by atoms with Crippen LogP contribution in [0.1, 0.15) is 18.6 Å². The monoisotopic (exact) mass is 339 g/mol. The molecule has 1 aromatic carbocycles. The fourth-order valence-corrected chi connectivity index (χ4v) is 2.91. The summed E-state index contributed by atoms with van der Waals surface area (Å²) in [7, 11) is 0. The molecule has 3 rings (SSSR count). The van der Waals surface area contributed by atoms with Gasteiger partial charge in [0.2, 0.25) is 11.8 Å². The fraction of sp³-hybridized carbons (Fsp3) is 0.263. The van der Waals surface area contributed by atoms with Crippen molar-refractivity contribution in [3.63, 3.8) is 0 Å². The molecule has 1 aromatic heterocycles. The van der Waals surface area contributed by atoms with Crippen LogP contribution in [-0.4, -0.2) is 24.9 Å². The number of nitrogens with one attached hydrogen (secondary N) is 1. The molecule has 0 radical (unpaired) electrons. The summed E-state index contributed by atoms with van der Waals surface area (Å²) in [6.07, 6.45) is 6.17. The zero-order valence-electron chi connectivity index (χ0n) is 13.9. The molecule has 0 aliphatic carbocycles. The first-order valence-corrected chi connectivity index (χ1v) is 8.29. The molecule has 3 N–H and O–H groups in total. The summed E-state index contributed by atoms with van der Waals surface area (Å²) in [4.78, 5) is 25.3. The Hall–Kier alpha value is -3.02. The van der Waals surface area contributed by atoms with Crippen molar-refractivity contribution in [3.8, 4) is 0 Å². The summed E-state index contributed by atoms with van der Waals surface area (Å²) in [5, 5.41) is 2.81. The average Bonchev–Trinajstić information content (AvgIpc) is 3.14. The molecule has 6 nitrogen and oxygen atoms in total. The van der Waals surface area contributed by atoms with Gasteiger partial charge in [-0.15, -0.1) is 0 Å². The van der Waals surface area contributed by atoms with Crippen LogP contribution in [0.25, 0.3) is 6.08 Å². The second kappa shape index (κ2) is 7.70. The van der Waals surface area contributed by atoms with Crippen molar-refractivity contribution >= 4 is 29.3 Å². The molecule has 0 bridgehead atoms. The van der Waals surface area contributed by atoms with E-state index in [9.17, 15) is 9.59 Å². The Balaban J connectivity index is 1.54. The Labute approximate surface area is 146 Å². The maximum atomic E-state index is 11.9. The number of anilines is 2. The average molecular weight is 339 g/mol. The Kier molecular flexibility index (Phi) is 5.18. The van der Waals surface area contributed by atoms with Crippen LogP contribution >= 0.6 is 0 Å². The number of amides is 2. The van der Waals surface area contributed by atoms with E-state index >= 15 is 0 Å². The number of primary amides is 1. The highest BCUT2D eigenvalue weighted by atomic mass is 16.3. The minimum absolute atomic E-state index is 0.0178. The summed E-state index contributed by atoms with van der Waals surface area (Å²) < 4.78 is 5.14. The number of nitrogens with zero attached hydrogens (tertiary/aromatic N) is 1. The van der Waals surface area contributed by atoms with E-state index in [2.05, 4.69) is 10.2 Å². The predicted octanol–water partition coefficient (Wildman–Crippen LogP) is 2.63. The first-order chi connectivity index (χ1) is 12.1. The summed E-state index contributed by atoms with van der Waals surface area (Å²) in [5.41, 5.74) is 7.17. The number of hydrogen-bond acceptors (Lipinski definition) is 4. The van der Waals surface area contributed by atoms with Crippen molar-refractivity contribution in [2.75, 3.05) is 23.3 Å². The van der Waals surface area contributed by atoms with Crippen molar-refractivity contribution in [1.29, 1.82) is 0 Å². The molecule has 2 amide bonds. The lowest BCUT2D eigenvalue weighted by atomic mass is 9.96. The van der Waals surface area contributed by atoms with Crippen molar-refractivity contribution in [3.05, 3.63) is 54.5 Å². The van der Waals surface area contributed by atoms with Crippen molar-refractivity contribution in [1.82, 2.24) is 0 Å². The molecule has 6 heteroatoms. The summed E-state index contributed by atoms with van der Waals surface area (Å²) in [5.74, 6) is 0.187. The van der Waals surface area contributed by atoms with Gasteiger partial charge >= 0.3 is 0 Å². The molecule has 130 valence electrons. The Bertz CT molecular complexity index is 743. The summed E-state index contributed by atoms with van der Waals surface area (Å²) >= 11 is 0. The van der Waals surface area contributed by atoms with Gasteiger partial charge in [-0.05, 0) is 55.3 Å². The number of carbonyl (C=O) groups is 2. The molecule has 1 aliphatic rings. The van der Waals surface area contributed by atoms with E-state index in [1.54, 1.807) is 24.5 Å². The lowest BCUT2D eigenvalue weighted by Gasteiger charge is -2.32. The second-order valence-corrected chi connectivity index (χ2v) is 6.05. The van der Waals surface area contributed by atoms with Crippen LogP contribution in [0.4, 0.5) is 11.4 Å². The van der Waals surface area contributed by atoms with E-state index in [-0.39, 0.29) is 17.7 Å². The van der Waals surface area contributed by atoms with Gasteiger partial charge in [0.15, 0.2) is 0 Å². The van der Waals surface area contributed by atoms with Gasteiger partial charge in [0.25, 0.3) is 0 Å². The third-order valence-electron chi connectivity index (χ3n) is 4.34. The highest BCUT2D eigenvalue weighted by Gasteiger charge is 2.23. The SMILES string of the molecule is NC(=O)C1CCN(c2ccc(NC(=O)/C=C/c3ccco3)cc2)CC1. The van der Waals surface area contributed by atoms with Crippen LogP contribution < -0.4 is 16.0 Å². The maximum absolute atomic E-state index is 11.9. The van der Waals surface area contributed by atoms with Gasteiger partial charge in [-0.1, -0.05) is 0 Å². The van der Waals surface area contributed by atoms with Crippen LogP contribution in [0.3, 0.4) is 0 Å². The van der Waals surface area contributed by atoms with Gasteiger partial charge in [-0.25, -0.2) is 0 Å².